The first kappa shape index (κ1) is 16.7. The average molecular weight is 346 g/mol. The summed E-state index contributed by atoms with van der Waals surface area (Å²) >= 11 is 1.12. The summed E-state index contributed by atoms with van der Waals surface area (Å²) in [5.74, 6) is -1.12. The molecule has 0 aromatic heterocycles. The number of benzene rings is 2. The molecule has 0 spiro atoms. The first-order valence-electron chi connectivity index (χ1n) is 7.47. The van der Waals surface area contributed by atoms with Gasteiger partial charge in [0, 0.05) is 11.6 Å². The molecule has 2 aromatic rings. The molecule has 0 saturated carbocycles. The van der Waals surface area contributed by atoms with Gasteiger partial charge in [-0.2, -0.15) is 0 Å². The van der Waals surface area contributed by atoms with Crippen LogP contribution in [-0.4, -0.2) is 15.0 Å². The second kappa shape index (κ2) is 6.06. The highest BCUT2D eigenvalue weighted by molar-refractivity contribution is 8.15. The molecular formula is C19H16F2O2S. The third-order valence-electron chi connectivity index (χ3n) is 4.17. The number of hydrogen-bond acceptors (Lipinski definition) is 3. The highest BCUT2D eigenvalue weighted by atomic mass is 32.2. The maximum Gasteiger partial charge on any atom is 0.219 e. The monoisotopic (exact) mass is 346 g/mol. The molecule has 1 aliphatic heterocycles. The minimum Gasteiger partial charge on any atom is -0.510 e. The van der Waals surface area contributed by atoms with E-state index in [9.17, 15) is 18.7 Å². The third-order valence-corrected chi connectivity index (χ3v) is 5.45. The zero-order chi connectivity index (χ0) is 17.5. The first-order valence-corrected chi connectivity index (χ1v) is 8.29. The largest absolute Gasteiger partial charge is 0.510 e. The molecule has 0 bridgehead atoms. The van der Waals surface area contributed by atoms with Crippen LogP contribution in [0.1, 0.15) is 19.4 Å². The summed E-state index contributed by atoms with van der Waals surface area (Å²) in [6.07, 6.45) is 0.490. The Bertz CT molecular complexity index is 823. The average Bonchev–Trinajstić information content (AvgIpc) is 2.70. The molecule has 24 heavy (non-hydrogen) atoms. The van der Waals surface area contributed by atoms with Gasteiger partial charge in [0.1, 0.15) is 17.4 Å². The lowest BCUT2D eigenvalue weighted by Gasteiger charge is -2.22. The molecule has 1 N–H and O–H groups in total. The predicted octanol–water partition coefficient (Wildman–Crippen LogP) is 5.04. The number of halogens is 2. The zero-order valence-electron chi connectivity index (χ0n) is 13.3. The van der Waals surface area contributed by atoms with Crippen LogP contribution in [0.5, 0.6) is 0 Å². The maximum atomic E-state index is 13.3. The molecule has 5 heteroatoms. The van der Waals surface area contributed by atoms with Crippen LogP contribution in [0.15, 0.2) is 53.8 Å². The number of hydrogen-bond donors (Lipinski definition) is 1. The van der Waals surface area contributed by atoms with Crippen molar-refractivity contribution >= 4 is 16.9 Å². The Kier molecular flexibility index (Phi) is 4.22. The van der Waals surface area contributed by atoms with E-state index in [0.717, 1.165) is 23.4 Å². The first-order chi connectivity index (χ1) is 11.3. The summed E-state index contributed by atoms with van der Waals surface area (Å²) in [6.45, 7) is 3.45. The van der Waals surface area contributed by atoms with Crippen LogP contribution in [0.25, 0.3) is 11.1 Å². The lowest BCUT2D eigenvalue weighted by molar-refractivity contribution is -0.107. The summed E-state index contributed by atoms with van der Waals surface area (Å²) < 4.78 is 26.0. The highest BCUT2D eigenvalue weighted by Crippen LogP contribution is 2.44. The molecule has 3 rings (SSSR count). The lowest BCUT2D eigenvalue weighted by Crippen LogP contribution is -2.23. The molecule has 0 amide bonds. The summed E-state index contributed by atoms with van der Waals surface area (Å²) in [5.41, 5.74) is 2.50. The number of thioether (sulfide) groups is 1. The van der Waals surface area contributed by atoms with E-state index >= 15 is 0 Å². The van der Waals surface area contributed by atoms with Gasteiger partial charge in [-0.05, 0) is 49.1 Å². The van der Waals surface area contributed by atoms with Crippen molar-refractivity contribution in [3.8, 4) is 11.1 Å². The van der Waals surface area contributed by atoms with Crippen LogP contribution in [-0.2, 0) is 11.2 Å². The van der Waals surface area contributed by atoms with E-state index in [-0.39, 0.29) is 10.9 Å². The van der Waals surface area contributed by atoms with E-state index in [1.165, 1.54) is 12.1 Å². The Morgan fingerprint density at radius 3 is 2.12 bits per heavy atom. The maximum absolute atomic E-state index is 13.3. The molecular weight excluding hydrogens is 330 g/mol. The summed E-state index contributed by atoms with van der Waals surface area (Å²) in [6, 6.07) is 10.6. The molecule has 124 valence electrons. The molecule has 0 fully saturated rings. The van der Waals surface area contributed by atoms with E-state index < -0.39 is 16.4 Å². The molecule has 2 aromatic carbocycles. The number of aliphatic hydroxyl groups excluding tert-OH is 1. The van der Waals surface area contributed by atoms with Crippen LogP contribution in [0.4, 0.5) is 8.78 Å². The van der Waals surface area contributed by atoms with Crippen LogP contribution >= 0.6 is 11.8 Å². The van der Waals surface area contributed by atoms with Gasteiger partial charge in [0.2, 0.25) is 5.12 Å². The summed E-state index contributed by atoms with van der Waals surface area (Å²) in [4.78, 5) is 11.8. The van der Waals surface area contributed by atoms with Crippen LogP contribution in [0.3, 0.4) is 0 Å². The van der Waals surface area contributed by atoms with Crippen molar-refractivity contribution in [1.29, 1.82) is 0 Å². The standard InChI is InChI=1S/C19H16F2O2S/c1-11-17(22)19(2,24-18(11)23)10-12-3-5-13(6-4-12)14-7-15(20)9-16(21)8-14/h3-9,22H,10H2,1-2H3. The fourth-order valence-corrected chi connectivity index (χ4v) is 4.02. The molecule has 1 unspecified atom stereocenters. The third kappa shape index (κ3) is 3.08. The predicted molar refractivity (Wildman–Crippen MR) is 91.8 cm³/mol. The van der Waals surface area contributed by atoms with Gasteiger partial charge < -0.3 is 5.11 Å². The van der Waals surface area contributed by atoms with Crippen LogP contribution in [0, 0.1) is 11.6 Å². The van der Waals surface area contributed by atoms with Crippen molar-refractivity contribution in [3.63, 3.8) is 0 Å². The molecule has 1 atom stereocenters. The molecule has 1 aliphatic rings. The minimum absolute atomic E-state index is 0.109. The molecule has 1 heterocycles. The minimum atomic E-state index is -0.673. The van der Waals surface area contributed by atoms with Gasteiger partial charge in [-0.1, -0.05) is 36.0 Å². The van der Waals surface area contributed by atoms with E-state index in [0.29, 0.717) is 23.1 Å². The molecule has 0 saturated heterocycles. The van der Waals surface area contributed by atoms with Gasteiger partial charge in [-0.15, -0.1) is 0 Å². The second-order valence-corrected chi connectivity index (χ2v) is 7.60. The van der Waals surface area contributed by atoms with Gasteiger partial charge in [-0.25, -0.2) is 8.78 Å². The quantitative estimate of drug-likeness (QED) is 0.846. The zero-order valence-corrected chi connectivity index (χ0v) is 14.1. The number of aliphatic hydroxyl groups is 1. The van der Waals surface area contributed by atoms with Gasteiger partial charge >= 0.3 is 0 Å². The second-order valence-electron chi connectivity index (χ2n) is 6.13. The van der Waals surface area contributed by atoms with Gasteiger partial charge in [0.25, 0.3) is 0 Å². The fraction of sp³-hybridized carbons (Fsp3) is 0.211. The number of carbonyl (C=O) groups excluding carboxylic acids is 1. The van der Waals surface area contributed by atoms with Gasteiger partial charge in [0.05, 0.1) is 4.75 Å². The van der Waals surface area contributed by atoms with Crippen molar-refractivity contribution in [2.24, 2.45) is 0 Å². The van der Waals surface area contributed by atoms with E-state index in [1.807, 2.05) is 19.1 Å². The Hall–Kier alpha value is -2.14. The topological polar surface area (TPSA) is 37.3 Å². The molecule has 0 radical (unpaired) electrons. The van der Waals surface area contributed by atoms with E-state index in [2.05, 4.69) is 0 Å². The Balaban J connectivity index is 1.84. The van der Waals surface area contributed by atoms with Crippen molar-refractivity contribution in [2.45, 2.75) is 25.0 Å². The Labute approximate surface area is 143 Å². The van der Waals surface area contributed by atoms with E-state index in [4.69, 9.17) is 0 Å². The van der Waals surface area contributed by atoms with Crippen molar-refractivity contribution < 1.29 is 18.7 Å². The number of rotatable bonds is 3. The summed E-state index contributed by atoms with van der Waals surface area (Å²) in [5, 5.41) is 10.1. The van der Waals surface area contributed by atoms with Gasteiger partial charge in [-0.3, -0.25) is 4.79 Å². The van der Waals surface area contributed by atoms with Crippen molar-refractivity contribution in [1.82, 2.24) is 0 Å². The number of carbonyl (C=O) groups is 1. The summed E-state index contributed by atoms with van der Waals surface area (Å²) in [7, 11) is 0. The smallest absolute Gasteiger partial charge is 0.219 e. The van der Waals surface area contributed by atoms with Crippen molar-refractivity contribution in [3.05, 3.63) is 71.0 Å². The highest BCUT2D eigenvalue weighted by Gasteiger charge is 2.41. The van der Waals surface area contributed by atoms with Gasteiger partial charge in [0.15, 0.2) is 0 Å². The lowest BCUT2D eigenvalue weighted by atomic mass is 9.95. The van der Waals surface area contributed by atoms with E-state index in [1.54, 1.807) is 19.1 Å². The molecule has 0 aliphatic carbocycles. The Morgan fingerprint density at radius 1 is 1.04 bits per heavy atom. The normalized spacial score (nSPS) is 20.8. The Morgan fingerprint density at radius 2 is 1.62 bits per heavy atom. The molecule has 2 nitrogen and oxygen atoms in total. The van der Waals surface area contributed by atoms with Crippen LogP contribution in [0.2, 0.25) is 0 Å². The van der Waals surface area contributed by atoms with Crippen molar-refractivity contribution in [2.75, 3.05) is 0 Å². The fourth-order valence-electron chi connectivity index (χ4n) is 2.87. The van der Waals surface area contributed by atoms with Crippen LogP contribution < -0.4 is 0 Å². The SMILES string of the molecule is CC1=C(O)C(C)(Cc2ccc(-c3cc(F)cc(F)c3)cc2)SC1=O.